The van der Waals surface area contributed by atoms with Gasteiger partial charge in [-0.15, -0.1) is 0 Å². The molecule has 2 aromatic carbocycles. The van der Waals surface area contributed by atoms with Crippen LogP contribution in [0.15, 0.2) is 65.5 Å². The Morgan fingerprint density at radius 1 is 1.25 bits per heavy atom. The second kappa shape index (κ2) is 7.58. The van der Waals surface area contributed by atoms with E-state index in [1.807, 2.05) is 54.3 Å². The fourth-order valence-corrected chi connectivity index (χ4v) is 3.49. The van der Waals surface area contributed by atoms with E-state index in [1.54, 1.807) is 6.20 Å². The molecule has 3 aromatic rings. The van der Waals surface area contributed by atoms with E-state index in [2.05, 4.69) is 21.4 Å². The van der Waals surface area contributed by atoms with E-state index in [0.717, 1.165) is 27.8 Å². The molecule has 0 spiro atoms. The Labute approximate surface area is 168 Å². The molecule has 1 atom stereocenters. The average Bonchev–Trinajstić information content (AvgIpc) is 3.05. The number of aryl methyl sites for hydroxylation is 1. The van der Waals surface area contributed by atoms with Crippen LogP contribution < -0.4 is 5.32 Å². The molecule has 0 fully saturated rings. The number of aliphatic hydroxyl groups excluding tert-OH is 1. The minimum Gasteiger partial charge on any atom is -0.495 e. The smallest absolute Gasteiger partial charge is 0.208 e. The number of rotatable bonds is 4. The zero-order valence-corrected chi connectivity index (χ0v) is 16.4. The van der Waals surface area contributed by atoms with Gasteiger partial charge in [-0.25, -0.2) is 4.99 Å². The molecule has 0 saturated heterocycles. The number of aromatic nitrogens is 1. The number of hydrogen-bond acceptors (Lipinski definition) is 5. The Balaban J connectivity index is 1.67. The lowest BCUT2D eigenvalue weighted by atomic mass is 10.2. The highest BCUT2D eigenvalue weighted by molar-refractivity contribution is 6.30. The first-order chi connectivity index (χ1) is 13.5. The Kier molecular flexibility index (Phi) is 4.98. The number of nitrogens with one attached hydrogen (secondary N) is 2. The molecule has 7 heteroatoms. The number of hydrogen-bond donors (Lipinski definition) is 3. The van der Waals surface area contributed by atoms with Gasteiger partial charge in [0.15, 0.2) is 5.76 Å². The number of benzene rings is 2. The Morgan fingerprint density at radius 3 is 2.86 bits per heavy atom. The van der Waals surface area contributed by atoms with Crippen molar-refractivity contribution >= 4 is 34.2 Å². The summed E-state index contributed by atoms with van der Waals surface area (Å²) in [5, 5.41) is 15.4. The highest BCUT2D eigenvalue weighted by Crippen LogP contribution is 2.26. The summed E-state index contributed by atoms with van der Waals surface area (Å²) in [6.45, 7) is 2.54. The molecular formula is C21H21ClN4O2. The van der Waals surface area contributed by atoms with Gasteiger partial charge < -0.3 is 25.0 Å². The minimum atomic E-state index is -1.06. The lowest BCUT2D eigenvalue weighted by Crippen LogP contribution is -2.37. The van der Waals surface area contributed by atoms with Crippen LogP contribution in [0.3, 0.4) is 0 Å². The highest BCUT2D eigenvalue weighted by atomic mass is 35.5. The molecule has 0 aliphatic carbocycles. The third-order valence-corrected chi connectivity index (χ3v) is 4.81. The summed E-state index contributed by atoms with van der Waals surface area (Å²) in [5.74, 6) is 0.905. The van der Waals surface area contributed by atoms with Crippen molar-refractivity contribution in [2.24, 2.45) is 4.99 Å². The maximum atomic E-state index is 10.3. The van der Waals surface area contributed by atoms with Crippen molar-refractivity contribution < 1.29 is 9.84 Å². The highest BCUT2D eigenvalue weighted by Gasteiger charge is 2.23. The van der Waals surface area contributed by atoms with Crippen LogP contribution in [0, 0.1) is 6.92 Å². The Morgan fingerprint density at radius 2 is 2.07 bits per heavy atom. The van der Waals surface area contributed by atoms with Gasteiger partial charge in [0.1, 0.15) is 0 Å². The molecule has 0 bridgehead atoms. The van der Waals surface area contributed by atoms with Gasteiger partial charge in [-0.1, -0.05) is 29.8 Å². The van der Waals surface area contributed by atoms with Crippen molar-refractivity contribution in [3.05, 3.63) is 76.8 Å². The topological polar surface area (TPSA) is 72.9 Å². The summed E-state index contributed by atoms with van der Waals surface area (Å²) in [5.41, 5.74) is 4.03. The number of halogens is 1. The number of nitrogens with zero attached hydrogens (tertiary/aromatic N) is 2. The molecule has 2 heterocycles. The Bertz CT molecular complexity index is 1070. The first kappa shape index (κ1) is 18.4. The summed E-state index contributed by atoms with van der Waals surface area (Å²) in [7, 11) is 1.52. The van der Waals surface area contributed by atoms with Gasteiger partial charge >= 0.3 is 0 Å². The predicted molar refractivity (Wildman–Crippen MR) is 112 cm³/mol. The first-order valence-electron chi connectivity index (χ1n) is 8.91. The zero-order chi connectivity index (χ0) is 19.7. The van der Waals surface area contributed by atoms with Gasteiger partial charge in [0.25, 0.3) is 0 Å². The standard InChI is InChI=1S/C21H21ClN4O2/c1-13-9-16-17(23-13)7-4-8-18(16)24-21-25-20(27)19(28-2)12-26(21)11-14-5-3-6-15(22)10-14/h3-10,12,20,23,27H,11H2,1-2H3,(H,24,25). The van der Waals surface area contributed by atoms with Crippen LogP contribution in [-0.4, -0.2) is 34.3 Å². The summed E-state index contributed by atoms with van der Waals surface area (Å²) in [4.78, 5) is 9.62. The average molecular weight is 397 g/mol. The maximum absolute atomic E-state index is 10.3. The molecule has 3 N–H and O–H groups in total. The monoisotopic (exact) mass is 396 g/mol. The normalized spacial score (nSPS) is 16.7. The molecule has 1 aliphatic rings. The van der Waals surface area contributed by atoms with Crippen LogP contribution in [0.5, 0.6) is 0 Å². The third-order valence-electron chi connectivity index (χ3n) is 4.58. The quantitative estimate of drug-likeness (QED) is 0.617. The van der Waals surface area contributed by atoms with Crippen molar-refractivity contribution in [3.8, 4) is 0 Å². The predicted octanol–water partition coefficient (Wildman–Crippen LogP) is 4.22. The van der Waals surface area contributed by atoms with Gasteiger partial charge in [0.05, 0.1) is 19.3 Å². The second-order valence-electron chi connectivity index (χ2n) is 6.66. The van der Waals surface area contributed by atoms with Crippen LogP contribution in [-0.2, 0) is 11.3 Å². The van der Waals surface area contributed by atoms with Gasteiger partial charge in [0.2, 0.25) is 12.2 Å². The molecule has 0 saturated carbocycles. The van der Waals surface area contributed by atoms with Crippen molar-refractivity contribution in [2.75, 3.05) is 12.4 Å². The number of guanidine groups is 1. The minimum absolute atomic E-state index is 0.378. The molecular weight excluding hydrogens is 376 g/mol. The number of methoxy groups -OCH3 is 1. The molecule has 4 rings (SSSR count). The number of H-pyrrole nitrogens is 1. The Hall–Kier alpha value is -2.96. The first-order valence-corrected chi connectivity index (χ1v) is 9.29. The zero-order valence-electron chi connectivity index (χ0n) is 15.6. The van der Waals surface area contributed by atoms with Gasteiger partial charge in [-0.3, -0.25) is 0 Å². The molecule has 1 unspecified atom stereocenters. The van der Waals surface area contributed by atoms with Gasteiger partial charge in [-0.05, 0) is 42.8 Å². The number of fused-ring (bicyclic) bond motifs is 1. The van der Waals surface area contributed by atoms with Crippen LogP contribution in [0.1, 0.15) is 11.3 Å². The number of aromatic amines is 1. The summed E-state index contributed by atoms with van der Waals surface area (Å²) < 4.78 is 5.27. The molecule has 0 amide bonds. The van der Waals surface area contributed by atoms with Crippen LogP contribution >= 0.6 is 11.6 Å². The van der Waals surface area contributed by atoms with E-state index >= 15 is 0 Å². The van der Waals surface area contributed by atoms with E-state index in [0.29, 0.717) is 23.3 Å². The summed E-state index contributed by atoms with van der Waals surface area (Å²) in [6, 6.07) is 15.7. The van der Waals surface area contributed by atoms with Crippen LogP contribution in [0.25, 0.3) is 10.9 Å². The molecule has 6 nitrogen and oxygen atoms in total. The van der Waals surface area contributed by atoms with Crippen LogP contribution in [0.2, 0.25) is 5.02 Å². The summed E-state index contributed by atoms with van der Waals surface area (Å²) in [6.07, 6.45) is 0.693. The molecule has 1 aliphatic heterocycles. The van der Waals surface area contributed by atoms with Crippen molar-refractivity contribution in [3.63, 3.8) is 0 Å². The largest absolute Gasteiger partial charge is 0.495 e. The lowest BCUT2D eigenvalue weighted by Gasteiger charge is -2.29. The van der Waals surface area contributed by atoms with Crippen molar-refractivity contribution in [1.82, 2.24) is 9.88 Å². The van der Waals surface area contributed by atoms with Crippen LogP contribution in [0.4, 0.5) is 5.69 Å². The lowest BCUT2D eigenvalue weighted by molar-refractivity contribution is 0.124. The fourth-order valence-electron chi connectivity index (χ4n) is 3.27. The maximum Gasteiger partial charge on any atom is 0.208 e. The van der Waals surface area contributed by atoms with E-state index in [-0.39, 0.29) is 0 Å². The van der Waals surface area contributed by atoms with E-state index in [1.165, 1.54) is 7.11 Å². The number of ether oxygens (including phenoxy) is 1. The molecule has 0 radical (unpaired) electrons. The van der Waals surface area contributed by atoms with E-state index in [9.17, 15) is 5.11 Å². The molecule has 1 aromatic heterocycles. The fraction of sp³-hybridized carbons (Fsp3) is 0.190. The van der Waals surface area contributed by atoms with Crippen molar-refractivity contribution in [2.45, 2.75) is 19.7 Å². The van der Waals surface area contributed by atoms with Gasteiger partial charge in [0, 0.05) is 27.8 Å². The number of anilines is 1. The molecule has 28 heavy (non-hydrogen) atoms. The van der Waals surface area contributed by atoms with E-state index in [4.69, 9.17) is 16.3 Å². The second-order valence-corrected chi connectivity index (χ2v) is 7.10. The molecule has 144 valence electrons. The number of aliphatic imine (C=N–C) groups is 1. The SMILES string of the molecule is COC1=CN(Cc2cccc(Cl)c2)C(Nc2cccc3[nH]c(C)cc23)=NC1O. The van der Waals surface area contributed by atoms with Crippen molar-refractivity contribution in [1.29, 1.82) is 0 Å². The summed E-state index contributed by atoms with van der Waals surface area (Å²) >= 11 is 6.13. The number of aliphatic hydroxyl groups is 1. The third kappa shape index (κ3) is 3.69. The van der Waals surface area contributed by atoms with E-state index < -0.39 is 6.23 Å². The van der Waals surface area contributed by atoms with Gasteiger partial charge in [-0.2, -0.15) is 0 Å².